The predicted octanol–water partition coefficient (Wildman–Crippen LogP) is 2.76. The molecule has 2 amide bonds. The Kier molecular flexibility index (Phi) is 6.70. The van der Waals surface area contributed by atoms with Crippen LogP contribution in [0.1, 0.15) is 24.8 Å². The van der Waals surface area contributed by atoms with Crippen LogP contribution < -0.4 is 9.47 Å². The minimum Gasteiger partial charge on any atom is -0.497 e. The minimum absolute atomic E-state index is 0.0463. The van der Waals surface area contributed by atoms with Crippen molar-refractivity contribution in [2.45, 2.75) is 25.8 Å². The molecule has 0 N–H and O–H groups in total. The van der Waals surface area contributed by atoms with Crippen LogP contribution in [0, 0.1) is 11.8 Å². The van der Waals surface area contributed by atoms with Crippen LogP contribution in [0.5, 0.6) is 11.5 Å². The standard InChI is InChI=1S/C24H29N3O4/c1-30-21-4-6-22(7-5-21)31-17-18-8-11-26(12-9-18)24(29)20-13-23(28)27(16-20)15-19-3-2-10-25-14-19/h2-7,10,14,18,20H,8-9,11-13,15-17H2,1H3/t20-/m1/s1. The van der Waals surface area contributed by atoms with E-state index >= 15 is 0 Å². The Bertz CT molecular complexity index is 879. The molecule has 2 saturated heterocycles. The molecule has 7 nitrogen and oxygen atoms in total. The van der Waals surface area contributed by atoms with Crippen LogP contribution in [0.2, 0.25) is 0 Å². The van der Waals surface area contributed by atoms with Crippen molar-refractivity contribution in [1.29, 1.82) is 0 Å². The zero-order chi connectivity index (χ0) is 21.6. The number of pyridine rings is 1. The van der Waals surface area contributed by atoms with Gasteiger partial charge in [-0.1, -0.05) is 6.07 Å². The third kappa shape index (κ3) is 5.34. The molecule has 2 aromatic rings. The van der Waals surface area contributed by atoms with Gasteiger partial charge in [-0.2, -0.15) is 0 Å². The molecular weight excluding hydrogens is 394 g/mol. The molecular formula is C24H29N3O4. The van der Waals surface area contributed by atoms with Crippen molar-refractivity contribution in [3.8, 4) is 11.5 Å². The molecule has 1 aromatic carbocycles. The summed E-state index contributed by atoms with van der Waals surface area (Å²) in [7, 11) is 1.64. The number of hydrogen-bond acceptors (Lipinski definition) is 5. The van der Waals surface area contributed by atoms with Gasteiger partial charge in [-0.25, -0.2) is 0 Å². The van der Waals surface area contributed by atoms with Crippen molar-refractivity contribution >= 4 is 11.8 Å². The molecule has 0 unspecified atom stereocenters. The number of amides is 2. The molecule has 2 aliphatic rings. The molecule has 2 fully saturated rings. The maximum absolute atomic E-state index is 13.0. The second kappa shape index (κ2) is 9.81. The largest absolute Gasteiger partial charge is 0.497 e. The Labute approximate surface area is 183 Å². The highest BCUT2D eigenvalue weighted by atomic mass is 16.5. The molecule has 31 heavy (non-hydrogen) atoms. The second-order valence-electron chi connectivity index (χ2n) is 8.29. The van der Waals surface area contributed by atoms with E-state index < -0.39 is 0 Å². The Hall–Kier alpha value is -3.09. The van der Waals surface area contributed by atoms with Crippen LogP contribution in [0.4, 0.5) is 0 Å². The van der Waals surface area contributed by atoms with E-state index in [1.165, 1.54) is 0 Å². The zero-order valence-electron chi connectivity index (χ0n) is 17.9. The first-order chi connectivity index (χ1) is 15.1. The van der Waals surface area contributed by atoms with Crippen LogP contribution in [-0.4, -0.2) is 59.9 Å². The van der Waals surface area contributed by atoms with Gasteiger partial charge in [0, 0.05) is 45.0 Å². The Morgan fingerprint density at radius 2 is 1.87 bits per heavy atom. The van der Waals surface area contributed by atoms with Gasteiger partial charge >= 0.3 is 0 Å². The Morgan fingerprint density at radius 3 is 2.55 bits per heavy atom. The normalized spacial score (nSPS) is 19.5. The summed E-state index contributed by atoms with van der Waals surface area (Å²) in [4.78, 5) is 33.2. The average Bonchev–Trinajstić information content (AvgIpc) is 3.18. The fraction of sp³-hybridized carbons (Fsp3) is 0.458. The van der Waals surface area contributed by atoms with E-state index in [4.69, 9.17) is 9.47 Å². The molecule has 0 saturated carbocycles. The first-order valence-corrected chi connectivity index (χ1v) is 10.8. The summed E-state index contributed by atoms with van der Waals surface area (Å²) in [5.74, 6) is 1.98. The van der Waals surface area contributed by atoms with Crippen molar-refractivity contribution in [3.63, 3.8) is 0 Å². The maximum atomic E-state index is 13.0. The number of aromatic nitrogens is 1. The quantitative estimate of drug-likeness (QED) is 0.685. The first-order valence-electron chi connectivity index (χ1n) is 10.8. The number of carbonyl (C=O) groups is 2. The lowest BCUT2D eigenvalue weighted by Gasteiger charge is -2.33. The lowest BCUT2D eigenvalue weighted by atomic mass is 9.96. The molecule has 0 aliphatic carbocycles. The van der Waals surface area contributed by atoms with E-state index in [1.54, 1.807) is 24.4 Å². The van der Waals surface area contributed by atoms with Crippen LogP contribution >= 0.6 is 0 Å². The molecule has 0 spiro atoms. The topological polar surface area (TPSA) is 72.0 Å². The predicted molar refractivity (Wildman–Crippen MR) is 116 cm³/mol. The van der Waals surface area contributed by atoms with Crippen LogP contribution in [0.15, 0.2) is 48.8 Å². The van der Waals surface area contributed by atoms with E-state index in [2.05, 4.69) is 4.98 Å². The highest BCUT2D eigenvalue weighted by Crippen LogP contribution is 2.26. The smallest absolute Gasteiger partial charge is 0.227 e. The number of nitrogens with zero attached hydrogens (tertiary/aromatic N) is 3. The number of rotatable bonds is 7. The van der Waals surface area contributed by atoms with E-state index in [0.717, 1.165) is 43.0 Å². The summed E-state index contributed by atoms with van der Waals surface area (Å²) < 4.78 is 11.1. The van der Waals surface area contributed by atoms with Gasteiger partial charge in [-0.3, -0.25) is 14.6 Å². The van der Waals surface area contributed by atoms with Crippen LogP contribution in [-0.2, 0) is 16.1 Å². The molecule has 0 bridgehead atoms. The highest BCUT2D eigenvalue weighted by Gasteiger charge is 2.37. The lowest BCUT2D eigenvalue weighted by molar-refractivity contribution is -0.137. The van der Waals surface area contributed by atoms with Crippen LogP contribution in [0.3, 0.4) is 0 Å². The third-order valence-electron chi connectivity index (χ3n) is 6.13. The SMILES string of the molecule is COc1ccc(OCC2CCN(C(=O)[C@@H]3CC(=O)N(Cc4cccnc4)C3)CC2)cc1. The van der Waals surface area contributed by atoms with Crippen molar-refractivity contribution in [2.24, 2.45) is 11.8 Å². The van der Waals surface area contributed by atoms with Gasteiger partial charge in [0.25, 0.3) is 0 Å². The lowest BCUT2D eigenvalue weighted by Crippen LogP contribution is -2.43. The molecule has 7 heteroatoms. The molecule has 0 radical (unpaired) electrons. The second-order valence-corrected chi connectivity index (χ2v) is 8.29. The molecule has 1 atom stereocenters. The summed E-state index contributed by atoms with van der Waals surface area (Å²) in [6, 6.07) is 11.4. The molecule has 1 aromatic heterocycles. The van der Waals surface area contributed by atoms with E-state index in [9.17, 15) is 9.59 Å². The zero-order valence-corrected chi connectivity index (χ0v) is 17.9. The molecule has 4 rings (SSSR count). The summed E-state index contributed by atoms with van der Waals surface area (Å²) in [6.07, 6.45) is 5.62. The van der Waals surface area contributed by atoms with Gasteiger partial charge in [-0.15, -0.1) is 0 Å². The van der Waals surface area contributed by atoms with Gasteiger partial charge < -0.3 is 19.3 Å². The van der Waals surface area contributed by atoms with Gasteiger partial charge in [-0.05, 0) is 54.7 Å². The van der Waals surface area contributed by atoms with Crippen molar-refractivity contribution in [3.05, 3.63) is 54.4 Å². The fourth-order valence-corrected chi connectivity index (χ4v) is 4.27. The van der Waals surface area contributed by atoms with Crippen LogP contribution in [0.25, 0.3) is 0 Å². The highest BCUT2D eigenvalue weighted by molar-refractivity contribution is 5.89. The summed E-state index contributed by atoms with van der Waals surface area (Å²) >= 11 is 0. The number of likely N-dealkylation sites (tertiary alicyclic amines) is 2. The third-order valence-corrected chi connectivity index (χ3v) is 6.13. The number of carbonyl (C=O) groups excluding carboxylic acids is 2. The molecule has 3 heterocycles. The van der Waals surface area contributed by atoms with Gasteiger partial charge in [0.1, 0.15) is 11.5 Å². The monoisotopic (exact) mass is 423 g/mol. The van der Waals surface area contributed by atoms with Crippen molar-refractivity contribution in [1.82, 2.24) is 14.8 Å². The summed E-state index contributed by atoms with van der Waals surface area (Å²) in [5, 5.41) is 0. The number of piperidine rings is 1. The number of ether oxygens (including phenoxy) is 2. The molecule has 164 valence electrons. The summed E-state index contributed by atoms with van der Waals surface area (Å²) in [6.45, 7) is 3.11. The number of hydrogen-bond donors (Lipinski definition) is 0. The average molecular weight is 424 g/mol. The Balaban J connectivity index is 1.22. The maximum Gasteiger partial charge on any atom is 0.227 e. The van der Waals surface area contributed by atoms with E-state index in [1.807, 2.05) is 41.3 Å². The fourth-order valence-electron chi connectivity index (χ4n) is 4.27. The molecule has 2 aliphatic heterocycles. The Morgan fingerprint density at radius 1 is 1.13 bits per heavy atom. The minimum atomic E-state index is -0.240. The van der Waals surface area contributed by atoms with E-state index in [0.29, 0.717) is 32.0 Å². The van der Waals surface area contributed by atoms with Crippen molar-refractivity contribution in [2.75, 3.05) is 33.4 Å². The number of benzene rings is 1. The van der Waals surface area contributed by atoms with Gasteiger partial charge in [0.2, 0.25) is 11.8 Å². The number of methoxy groups -OCH3 is 1. The van der Waals surface area contributed by atoms with Crippen molar-refractivity contribution < 1.29 is 19.1 Å². The van der Waals surface area contributed by atoms with Gasteiger partial charge in [0.15, 0.2) is 0 Å². The van der Waals surface area contributed by atoms with E-state index in [-0.39, 0.29) is 17.7 Å². The van der Waals surface area contributed by atoms with Gasteiger partial charge in [0.05, 0.1) is 19.6 Å². The first kappa shape index (κ1) is 21.2. The summed E-state index contributed by atoms with van der Waals surface area (Å²) in [5.41, 5.74) is 0.988.